The van der Waals surface area contributed by atoms with E-state index in [4.69, 9.17) is 19.9 Å². The topological polar surface area (TPSA) is 118 Å². The maximum atomic E-state index is 9.50. The summed E-state index contributed by atoms with van der Waals surface area (Å²) in [4.78, 5) is 12.4. The smallest absolute Gasteiger partial charge is 0.167 e. The van der Waals surface area contributed by atoms with Crippen molar-refractivity contribution in [3.8, 4) is 0 Å². The number of aliphatic hydroxyl groups excluding tert-OH is 1. The molecule has 0 saturated heterocycles. The summed E-state index contributed by atoms with van der Waals surface area (Å²) >= 11 is 0. The van der Waals surface area contributed by atoms with E-state index in [2.05, 4.69) is 15.0 Å². The molecule has 0 aliphatic rings. The van der Waals surface area contributed by atoms with Crippen molar-refractivity contribution < 1.29 is 19.3 Å². The Bertz CT molecular complexity index is 616. The molecule has 3 N–H and O–H groups in total. The van der Waals surface area contributed by atoms with Crippen LogP contribution >= 0.6 is 0 Å². The largest absolute Gasteiger partial charge is 0.394 e. The van der Waals surface area contributed by atoms with E-state index in [0.29, 0.717) is 30.2 Å². The Morgan fingerprint density at radius 1 is 1.26 bits per heavy atom. The number of aromatic nitrogens is 4. The van der Waals surface area contributed by atoms with E-state index in [1.807, 2.05) is 6.92 Å². The first-order valence-corrected chi connectivity index (χ1v) is 7.31. The minimum Gasteiger partial charge on any atom is -0.394 e. The Balaban J connectivity index is 2.36. The molecule has 0 bridgehead atoms. The molecule has 3 unspecified atom stereocenters. The zero-order valence-electron chi connectivity index (χ0n) is 13.5. The summed E-state index contributed by atoms with van der Waals surface area (Å²) in [5, 5.41) is 9.50. The average Bonchev–Trinajstić information content (AvgIpc) is 2.98. The molecule has 128 valence electrons. The number of hydrogen-bond acceptors (Lipinski definition) is 8. The SMILES string of the molecule is COCCOC(C(C)C(CO)OC)n1cnc2c(N)ncnc21. The fourth-order valence-electron chi connectivity index (χ4n) is 2.43. The van der Waals surface area contributed by atoms with Crippen LogP contribution in [0.5, 0.6) is 0 Å². The zero-order chi connectivity index (χ0) is 16.8. The third-order valence-corrected chi connectivity index (χ3v) is 3.76. The molecule has 23 heavy (non-hydrogen) atoms. The van der Waals surface area contributed by atoms with Crippen LogP contribution in [-0.2, 0) is 14.2 Å². The number of aliphatic hydroxyl groups is 1. The van der Waals surface area contributed by atoms with Gasteiger partial charge in [0.25, 0.3) is 0 Å². The standard InChI is InChI=1S/C14H23N5O4/c1-9(10(6-20)22-3)14(23-5-4-21-2)19-8-18-11-12(15)16-7-17-13(11)19/h7-10,14,20H,4-6H2,1-3H3,(H2,15,16,17). The maximum Gasteiger partial charge on any atom is 0.167 e. The number of anilines is 1. The number of rotatable bonds is 9. The van der Waals surface area contributed by atoms with Gasteiger partial charge in [-0.3, -0.25) is 4.57 Å². The third kappa shape index (κ3) is 3.75. The van der Waals surface area contributed by atoms with Gasteiger partial charge >= 0.3 is 0 Å². The molecule has 0 spiro atoms. The predicted octanol–water partition coefficient (Wildman–Crippen LogP) is 0.214. The van der Waals surface area contributed by atoms with Crippen LogP contribution in [0.4, 0.5) is 5.82 Å². The van der Waals surface area contributed by atoms with Gasteiger partial charge in [-0.15, -0.1) is 0 Å². The maximum absolute atomic E-state index is 9.50. The summed E-state index contributed by atoms with van der Waals surface area (Å²) in [7, 11) is 3.16. The van der Waals surface area contributed by atoms with Gasteiger partial charge in [0.2, 0.25) is 0 Å². The number of ether oxygens (including phenoxy) is 3. The Morgan fingerprint density at radius 3 is 2.70 bits per heavy atom. The lowest BCUT2D eigenvalue weighted by Crippen LogP contribution is -2.34. The highest BCUT2D eigenvalue weighted by atomic mass is 16.5. The number of nitrogens with two attached hydrogens (primary N) is 1. The van der Waals surface area contributed by atoms with Crippen LogP contribution in [0.2, 0.25) is 0 Å². The van der Waals surface area contributed by atoms with E-state index in [9.17, 15) is 5.11 Å². The van der Waals surface area contributed by atoms with Crippen molar-refractivity contribution in [2.24, 2.45) is 5.92 Å². The normalized spacial score (nSPS) is 15.7. The third-order valence-electron chi connectivity index (χ3n) is 3.76. The number of nitrogens with zero attached hydrogens (tertiary/aromatic N) is 4. The van der Waals surface area contributed by atoms with Crippen molar-refractivity contribution in [1.82, 2.24) is 19.5 Å². The molecule has 0 amide bonds. The summed E-state index contributed by atoms with van der Waals surface area (Å²) in [5.41, 5.74) is 6.91. The summed E-state index contributed by atoms with van der Waals surface area (Å²) < 4.78 is 18.1. The molecular formula is C14H23N5O4. The molecule has 2 aromatic heterocycles. The first-order chi connectivity index (χ1) is 11.1. The van der Waals surface area contributed by atoms with Gasteiger partial charge in [0.15, 0.2) is 11.5 Å². The lowest BCUT2D eigenvalue weighted by Gasteiger charge is -2.30. The number of imidazole rings is 1. The molecule has 0 saturated carbocycles. The first-order valence-electron chi connectivity index (χ1n) is 7.31. The van der Waals surface area contributed by atoms with Crippen LogP contribution in [-0.4, -0.2) is 64.8 Å². The van der Waals surface area contributed by atoms with Crippen LogP contribution in [0.3, 0.4) is 0 Å². The monoisotopic (exact) mass is 325 g/mol. The number of fused-ring (bicyclic) bond motifs is 1. The molecule has 2 aromatic rings. The minimum absolute atomic E-state index is 0.119. The van der Waals surface area contributed by atoms with Gasteiger partial charge in [0.05, 0.1) is 32.3 Å². The summed E-state index contributed by atoms with van der Waals surface area (Å²) in [5.74, 6) is 0.151. The van der Waals surface area contributed by atoms with E-state index in [0.717, 1.165) is 0 Å². The van der Waals surface area contributed by atoms with Crippen LogP contribution in [0, 0.1) is 5.92 Å². The molecule has 0 aliphatic carbocycles. The van der Waals surface area contributed by atoms with E-state index in [1.54, 1.807) is 25.1 Å². The fraction of sp³-hybridized carbons (Fsp3) is 0.643. The van der Waals surface area contributed by atoms with Crippen molar-refractivity contribution in [2.75, 3.05) is 39.8 Å². The minimum atomic E-state index is -0.443. The van der Waals surface area contributed by atoms with Crippen molar-refractivity contribution in [2.45, 2.75) is 19.3 Å². The summed E-state index contributed by atoms with van der Waals surface area (Å²) in [6, 6.07) is 0. The highest BCUT2D eigenvalue weighted by Crippen LogP contribution is 2.28. The molecular weight excluding hydrogens is 302 g/mol. The molecule has 0 aromatic carbocycles. The van der Waals surface area contributed by atoms with Crippen molar-refractivity contribution >= 4 is 17.0 Å². The second kappa shape index (κ2) is 8.16. The second-order valence-electron chi connectivity index (χ2n) is 5.15. The lowest BCUT2D eigenvalue weighted by molar-refractivity contribution is -0.101. The zero-order valence-corrected chi connectivity index (χ0v) is 13.5. The Labute approximate surface area is 134 Å². The second-order valence-corrected chi connectivity index (χ2v) is 5.15. The first kappa shape index (κ1) is 17.5. The van der Waals surface area contributed by atoms with Gasteiger partial charge in [-0.1, -0.05) is 6.92 Å². The molecule has 9 heteroatoms. The molecule has 9 nitrogen and oxygen atoms in total. The fourth-order valence-corrected chi connectivity index (χ4v) is 2.43. The van der Waals surface area contributed by atoms with Crippen molar-refractivity contribution in [3.63, 3.8) is 0 Å². The van der Waals surface area contributed by atoms with Crippen LogP contribution in [0.15, 0.2) is 12.7 Å². The highest BCUT2D eigenvalue weighted by molar-refractivity contribution is 5.81. The van der Waals surface area contributed by atoms with Crippen LogP contribution in [0.1, 0.15) is 13.2 Å². The summed E-state index contributed by atoms with van der Waals surface area (Å²) in [6.07, 6.45) is 2.15. The van der Waals surface area contributed by atoms with E-state index < -0.39 is 6.23 Å². The van der Waals surface area contributed by atoms with E-state index >= 15 is 0 Å². The Hall–Kier alpha value is -1.81. The van der Waals surface area contributed by atoms with Gasteiger partial charge in [0.1, 0.15) is 18.1 Å². The molecule has 0 radical (unpaired) electrons. The van der Waals surface area contributed by atoms with Crippen molar-refractivity contribution in [1.29, 1.82) is 0 Å². The highest BCUT2D eigenvalue weighted by Gasteiger charge is 2.29. The number of hydrogen-bond donors (Lipinski definition) is 2. The van der Waals surface area contributed by atoms with Gasteiger partial charge in [-0.05, 0) is 0 Å². The number of nitrogen functional groups attached to an aromatic ring is 1. The quantitative estimate of drug-likeness (QED) is 0.628. The average molecular weight is 325 g/mol. The van der Waals surface area contributed by atoms with Gasteiger partial charge in [-0.25, -0.2) is 15.0 Å². The molecule has 0 aliphatic heterocycles. The van der Waals surface area contributed by atoms with Gasteiger partial charge in [0, 0.05) is 20.1 Å². The van der Waals surface area contributed by atoms with Crippen molar-refractivity contribution in [3.05, 3.63) is 12.7 Å². The van der Waals surface area contributed by atoms with Gasteiger partial charge in [-0.2, -0.15) is 0 Å². The Morgan fingerprint density at radius 2 is 2.04 bits per heavy atom. The molecule has 2 rings (SSSR count). The van der Waals surface area contributed by atoms with Crippen LogP contribution in [0.25, 0.3) is 11.2 Å². The van der Waals surface area contributed by atoms with Crippen LogP contribution < -0.4 is 5.73 Å². The van der Waals surface area contributed by atoms with E-state index in [-0.39, 0.29) is 18.6 Å². The van der Waals surface area contributed by atoms with Gasteiger partial charge < -0.3 is 25.1 Å². The lowest BCUT2D eigenvalue weighted by atomic mass is 10.0. The molecule has 2 heterocycles. The predicted molar refractivity (Wildman–Crippen MR) is 83.6 cm³/mol. The molecule has 3 atom stereocenters. The van der Waals surface area contributed by atoms with E-state index in [1.165, 1.54) is 6.33 Å². The number of methoxy groups -OCH3 is 2. The summed E-state index contributed by atoms with van der Waals surface area (Å²) in [6.45, 7) is 2.64. The Kier molecular flexibility index (Phi) is 6.22. The molecule has 0 fully saturated rings.